The fourth-order valence-corrected chi connectivity index (χ4v) is 3.80. The third kappa shape index (κ3) is 3.98. The van der Waals surface area contributed by atoms with E-state index in [1.807, 2.05) is 0 Å². The van der Waals surface area contributed by atoms with Gasteiger partial charge in [-0.3, -0.25) is 18.7 Å². The first-order valence-corrected chi connectivity index (χ1v) is 10.2. The molecule has 0 aliphatic rings. The molecule has 0 spiro atoms. The van der Waals surface area contributed by atoms with Gasteiger partial charge in [0.05, 0.1) is 22.6 Å². The highest BCUT2D eigenvalue weighted by Crippen LogP contribution is 2.34. The SMILES string of the molecule is Cn1c(=O)c2c(ncn2C(C(=O)Nc2cc(C(F)(F)F)ccc2Cl)c2ccccc2)n(C)c1=O. The normalized spacial score (nSPS) is 12.6. The van der Waals surface area contributed by atoms with Crippen LogP contribution in [-0.4, -0.2) is 24.6 Å². The third-order valence-electron chi connectivity index (χ3n) is 5.37. The smallest absolute Gasteiger partial charge is 0.323 e. The number of amides is 1. The molecule has 0 aliphatic heterocycles. The maximum Gasteiger partial charge on any atom is 0.416 e. The van der Waals surface area contributed by atoms with Crippen LogP contribution in [0.4, 0.5) is 18.9 Å². The molecular formula is C22H17ClF3N5O3. The molecule has 0 aliphatic carbocycles. The average Bonchev–Trinajstić information content (AvgIpc) is 3.22. The van der Waals surface area contributed by atoms with Crippen molar-refractivity contribution in [3.05, 3.63) is 91.8 Å². The minimum atomic E-state index is -4.64. The van der Waals surface area contributed by atoms with Crippen molar-refractivity contribution < 1.29 is 18.0 Å². The molecule has 4 aromatic rings. The number of carbonyl (C=O) groups excluding carboxylic acids is 1. The highest BCUT2D eigenvalue weighted by atomic mass is 35.5. The molecular weight excluding hydrogens is 475 g/mol. The first-order chi connectivity index (χ1) is 16.0. The highest BCUT2D eigenvalue weighted by Gasteiger charge is 2.32. The number of rotatable bonds is 4. The van der Waals surface area contributed by atoms with Crippen molar-refractivity contribution in [2.24, 2.45) is 14.1 Å². The molecule has 2 aromatic carbocycles. The molecule has 0 saturated carbocycles. The zero-order chi connectivity index (χ0) is 24.8. The van der Waals surface area contributed by atoms with Gasteiger partial charge in [0.2, 0.25) is 0 Å². The summed E-state index contributed by atoms with van der Waals surface area (Å²) < 4.78 is 42.9. The van der Waals surface area contributed by atoms with Crippen molar-refractivity contribution in [3.8, 4) is 0 Å². The van der Waals surface area contributed by atoms with E-state index < -0.39 is 34.9 Å². The predicted octanol–water partition coefficient (Wildman–Crippen LogP) is 3.33. The number of anilines is 1. The quantitative estimate of drug-likeness (QED) is 0.474. The first kappa shape index (κ1) is 23.3. The molecule has 8 nitrogen and oxygen atoms in total. The van der Waals surface area contributed by atoms with Gasteiger partial charge in [-0.25, -0.2) is 9.78 Å². The van der Waals surface area contributed by atoms with E-state index in [1.54, 1.807) is 30.3 Å². The van der Waals surface area contributed by atoms with Crippen LogP contribution in [-0.2, 0) is 25.1 Å². The summed E-state index contributed by atoms with van der Waals surface area (Å²) in [5, 5.41) is 2.34. The van der Waals surface area contributed by atoms with Crippen LogP contribution in [0.5, 0.6) is 0 Å². The van der Waals surface area contributed by atoms with Gasteiger partial charge in [-0.1, -0.05) is 41.9 Å². The lowest BCUT2D eigenvalue weighted by Crippen LogP contribution is -2.38. The summed E-state index contributed by atoms with van der Waals surface area (Å²) in [5.41, 5.74) is -2.05. The van der Waals surface area contributed by atoms with Gasteiger partial charge < -0.3 is 9.88 Å². The minimum absolute atomic E-state index is 0.0243. The Balaban J connectivity index is 1.88. The number of aryl methyl sites for hydroxylation is 1. The standard InChI is InChI=1S/C22H17ClF3N5O3/c1-29-18-17(20(33)30(2)21(29)34)31(11-27-18)16(12-6-4-3-5-7-12)19(32)28-15-10-13(22(24,25)26)8-9-14(15)23/h3-11,16H,1-2H3,(H,28,32). The van der Waals surface area contributed by atoms with Crippen LogP contribution in [0, 0.1) is 0 Å². The molecule has 176 valence electrons. The minimum Gasteiger partial charge on any atom is -0.323 e. The molecule has 1 amide bonds. The molecule has 0 saturated heterocycles. The zero-order valence-corrected chi connectivity index (χ0v) is 18.6. The second kappa shape index (κ2) is 8.49. The lowest BCUT2D eigenvalue weighted by atomic mass is 10.1. The van der Waals surface area contributed by atoms with E-state index in [0.717, 1.165) is 27.3 Å². The first-order valence-electron chi connectivity index (χ1n) is 9.86. The highest BCUT2D eigenvalue weighted by molar-refractivity contribution is 6.33. The summed E-state index contributed by atoms with van der Waals surface area (Å²) in [5.74, 6) is -0.761. The number of carbonyl (C=O) groups is 1. The Labute approximate surface area is 194 Å². The van der Waals surface area contributed by atoms with Gasteiger partial charge in [0.15, 0.2) is 11.2 Å². The molecule has 2 heterocycles. The maximum absolute atomic E-state index is 13.4. The zero-order valence-electron chi connectivity index (χ0n) is 17.8. The molecule has 2 aromatic heterocycles. The second-order valence-corrected chi connectivity index (χ2v) is 7.93. The van der Waals surface area contributed by atoms with Crippen molar-refractivity contribution in [1.29, 1.82) is 0 Å². The van der Waals surface area contributed by atoms with Crippen molar-refractivity contribution >= 4 is 34.4 Å². The lowest BCUT2D eigenvalue weighted by Gasteiger charge is -2.20. The number of hydrogen-bond donors (Lipinski definition) is 1. The van der Waals surface area contributed by atoms with Crippen LogP contribution >= 0.6 is 11.6 Å². The number of aromatic nitrogens is 4. The van der Waals surface area contributed by atoms with Crippen molar-refractivity contribution in [1.82, 2.24) is 18.7 Å². The molecule has 0 radical (unpaired) electrons. The Bertz CT molecular complexity index is 1520. The number of fused-ring (bicyclic) bond motifs is 1. The fraction of sp³-hybridized carbons (Fsp3) is 0.182. The van der Waals surface area contributed by atoms with Gasteiger partial charge in [0.25, 0.3) is 11.5 Å². The molecule has 1 N–H and O–H groups in total. The van der Waals surface area contributed by atoms with E-state index >= 15 is 0 Å². The Morgan fingerprint density at radius 1 is 1.06 bits per heavy atom. The van der Waals surface area contributed by atoms with Gasteiger partial charge in [-0.2, -0.15) is 13.2 Å². The summed E-state index contributed by atoms with van der Waals surface area (Å²) in [6, 6.07) is 9.66. The summed E-state index contributed by atoms with van der Waals surface area (Å²) in [6.07, 6.45) is -3.41. The third-order valence-corrected chi connectivity index (χ3v) is 5.70. The number of halogens is 4. The van der Waals surface area contributed by atoms with E-state index in [-0.39, 0.29) is 21.9 Å². The van der Waals surface area contributed by atoms with Crippen molar-refractivity contribution in [2.45, 2.75) is 12.2 Å². The lowest BCUT2D eigenvalue weighted by molar-refractivity contribution is -0.137. The molecule has 12 heteroatoms. The summed E-state index contributed by atoms with van der Waals surface area (Å²) in [6.45, 7) is 0. The second-order valence-electron chi connectivity index (χ2n) is 7.52. The van der Waals surface area contributed by atoms with Gasteiger partial charge in [-0.15, -0.1) is 0 Å². The number of hydrogen-bond acceptors (Lipinski definition) is 4. The van der Waals surface area contributed by atoms with Crippen LogP contribution in [0.3, 0.4) is 0 Å². The molecule has 34 heavy (non-hydrogen) atoms. The van der Waals surface area contributed by atoms with Gasteiger partial charge in [-0.05, 0) is 23.8 Å². The Hall–Kier alpha value is -3.86. The van der Waals surface area contributed by atoms with Gasteiger partial charge in [0.1, 0.15) is 6.04 Å². The van der Waals surface area contributed by atoms with Crippen molar-refractivity contribution in [3.63, 3.8) is 0 Å². The van der Waals surface area contributed by atoms with E-state index in [4.69, 9.17) is 11.6 Å². The number of alkyl halides is 3. The van der Waals surface area contributed by atoms with Crippen molar-refractivity contribution in [2.75, 3.05) is 5.32 Å². The monoisotopic (exact) mass is 491 g/mol. The molecule has 0 bridgehead atoms. The fourth-order valence-electron chi connectivity index (χ4n) is 3.63. The average molecular weight is 492 g/mol. The predicted molar refractivity (Wildman–Crippen MR) is 120 cm³/mol. The van der Waals surface area contributed by atoms with Gasteiger partial charge >= 0.3 is 11.9 Å². The summed E-state index contributed by atoms with van der Waals surface area (Å²) in [7, 11) is 2.73. The van der Waals surface area contributed by atoms with Gasteiger partial charge in [0, 0.05) is 14.1 Å². The van der Waals surface area contributed by atoms with Crippen LogP contribution in [0.1, 0.15) is 17.2 Å². The topological polar surface area (TPSA) is 90.9 Å². The van der Waals surface area contributed by atoms with Crippen LogP contribution in [0.25, 0.3) is 11.2 Å². The Morgan fingerprint density at radius 3 is 2.38 bits per heavy atom. The summed E-state index contributed by atoms with van der Waals surface area (Å²) in [4.78, 5) is 42.8. The molecule has 1 unspecified atom stereocenters. The van der Waals surface area contributed by atoms with Crippen LogP contribution in [0.15, 0.2) is 64.4 Å². The Morgan fingerprint density at radius 2 is 1.74 bits per heavy atom. The van der Waals surface area contributed by atoms with E-state index in [1.165, 1.54) is 25.0 Å². The molecule has 0 fully saturated rings. The van der Waals surface area contributed by atoms with Crippen LogP contribution < -0.4 is 16.6 Å². The number of benzene rings is 2. The van der Waals surface area contributed by atoms with E-state index in [9.17, 15) is 27.6 Å². The molecule has 1 atom stereocenters. The van der Waals surface area contributed by atoms with E-state index in [2.05, 4.69) is 10.3 Å². The largest absolute Gasteiger partial charge is 0.416 e. The number of nitrogens with one attached hydrogen (secondary N) is 1. The van der Waals surface area contributed by atoms with Crippen LogP contribution in [0.2, 0.25) is 5.02 Å². The van der Waals surface area contributed by atoms with E-state index in [0.29, 0.717) is 5.56 Å². The molecule has 4 rings (SSSR count). The number of imidazole rings is 1. The number of nitrogens with zero attached hydrogens (tertiary/aromatic N) is 4. The maximum atomic E-state index is 13.4. The summed E-state index contributed by atoms with van der Waals surface area (Å²) >= 11 is 6.05. The Kier molecular flexibility index (Phi) is 5.82.